The Hall–Kier alpha value is -0.440. The molecule has 0 aromatic heterocycles. The van der Waals surface area contributed by atoms with Crippen molar-refractivity contribution in [2.24, 2.45) is 11.3 Å². The molecule has 2 fully saturated rings. The van der Waals surface area contributed by atoms with Crippen LogP contribution in [0.15, 0.2) is 0 Å². The van der Waals surface area contributed by atoms with Crippen molar-refractivity contribution in [3.05, 3.63) is 0 Å². The lowest BCUT2D eigenvalue weighted by molar-refractivity contribution is 0.129. The molecular weight excluding hydrogens is 168 g/mol. The van der Waals surface area contributed by atoms with Crippen molar-refractivity contribution in [3.63, 3.8) is 0 Å². The molecule has 78 valence electrons. The fourth-order valence-corrected chi connectivity index (χ4v) is 3.51. The van der Waals surface area contributed by atoms with E-state index in [9.17, 15) is 0 Å². The molecule has 0 heterocycles. The van der Waals surface area contributed by atoms with Crippen LogP contribution in [-0.4, -0.2) is 0 Å². The Morgan fingerprint density at radius 1 is 0.857 bits per heavy atom. The molecule has 14 heavy (non-hydrogen) atoms. The van der Waals surface area contributed by atoms with Crippen molar-refractivity contribution in [2.75, 3.05) is 0 Å². The Labute approximate surface area is 88.5 Å². The van der Waals surface area contributed by atoms with E-state index < -0.39 is 0 Å². The number of terminal acetylenes is 1. The van der Waals surface area contributed by atoms with E-state index >= 15 is 0 Å². The average Bonchev–Trinajstić information content (AvgIpc) is 2.31. The number of hydrogen-bond acceptors (Lipinski definition) is 0. The molecular formula is C14H22. The van der Waals surface area contributed by atoms with Gasteiger partial charge in [0, 0.05) is 5.41 Å². The predicted molar refractivity (Wildman–Crippen MR) is 60.9 cm³/mol. The van der Waals surface area contributed by atoms with Gasteiger partial charge in [0.05, 0.1) is 0 Å². The molecule has 2 saturated carbocycles. The van der Waals surface area contributed by atoms with Crippen LogP contribution in [0.3, 0.4) is 0 Å². The lowest BCUT2D eigenvalue weighted by Gasteiger charge is -2.41. The summed E-state index contributed by atoms with van der Waals surface area (Å²) < 4.78 is 0. The lowest BCUT2D eigenvalue weighted by atomic mass is 9.62. The molecule has 0 heteroatoms. The van der Waals surface area contributed by atoms with E-state index in [-0.39, 0.29) is 0 Å². The maximum atomic E-state index is 5.82. The minimum Gasteiger partial charge on any atom is -0.120 e. The molecule has 0 radical (unpaired) electrons. The van der Waals surface area contributed by atoms with Crippen LogP contribution in [0.5, 0.6) is 0 Å². The highest BCUT2D eigenvalue weighted by molar-refractivity contribution is 5.10. The van der Waals surface area contributed by atoms with Crippen LogP contribution in [-0.2, 0) is 0 Å². The van der Waals surface area contributed by atoms with E-state index in [1.54, 1.807) is 0 Å². The second-order valence-corrected chi connectivity index (χ2v) is 5.20. The first kappa shape index (κ1) is 10.1. The molecule has 0 aromatic rings. The molecule has 0 aliphatic heterocycles. The van der Waals surface area contributed by atoms with Crippen molar-refractivity contribution in [2.45, 2.75) is 64.2 Å². The van der Waals surface area contributed by atoms with E-state index in [4.69, 9.17) is 6.42 Å². The monoisotopic (exact) mass is 190 g/mol. The summed E-state index contributed by atoms with van der Waals surface area (Å²) in [6.07, 6.45) is 19.7. The van der Waals surface area contributed by atoms with Crippen LogP contribution in [0, 0.1) is 23.7 Å². The SMILES string of the molecule is C#CC1(C2CCCCC2)CCCCC1. The van der Waals surface area contributed by atoms with Gasteiger partial charge in [-0.2, -0.15) is 0 Å². The first-order chi connectivity index (χ1) is 6.87. The molecule has 0 atom stereocenters. The summed E-state index contributed by atoms with van der Waals surface area (Å²) in [6, 6.07) is 0. The molecule has 0 amide bonds. The normalized spacial score (nSPS) is 28.2. The van der Waals surface area contributed by atoms with Gasteiger partial charge in [-0.1, -0.05) is 44.4 Å². The lowest BCUT2D eigenvalue weighted by Crippen LogP contribution is -2.32. The van der Waals surface area contributed by atoms with E-state index in [1.165, 1.54) is 64.2 Å². The summed E-state index contributed by atoms with van der Waals surface area (Å²) in [7, 11) is 0. The topological polar surface area (TPSA) is 0 Å². The van der Waals surface area contributed by atoms with Gasteiger partial charge >= 0.3 is 0 Å². The molecule has 0 saturated heterocycles. The number of rotatable bonds is 1. The third kappa shape index (κ3) is 1.83. The Balaban J connectivity index is 2.06. The Morgan fingerprint density at radius 3 is 2.00 bits per heavy atom. The van der Waals surface area contributed by atoms with E-state index in [1.807, 2.05) is 0 Å². The summed E-state index contributed by atoms with van der Waals surface area (Å²) in [5.74, 6) is 4.05. The fraction of sp³-hybridized carbons (Fsp3) is 0.857. The van der Waals surface area contributed by atoms with Crippen LogP contribution in [0.4, 0.5) is 0 Å². The largest absolute Gasteiger partial charge is 0.120 e. The minimum absolute atomic E-state index is 0.318. The van der Waals surface area contributed by atoms with Gasteiger partial charge in [0.25, 0.3) is 0 Å². The molecule has 2 aliphatic carbocycles. The second kappa shape index (κ2) is 4.39. The van der Waals surface area contributed by atoms with Crippen LogP contribution in [0.25, 0.3) is 0 Å². The predicted octanol–water partition coefficient (Wildman–Crippen LogP) is 4.15. The summed E-state index contributed by atoms with van der Waals surface area (Å²) in [5, 5.41) is 0. The van der Waals surface area contributed by atoms with Gasteiger partial charge in [-0.15, -0.1) is 6.42 Å². The smallest absolute Gasteiger partial charge is 0.0340 e. The van der Waals surface area contributed by atoms with Crippen molar-refractivity contribution in [3.8, 4) is 12.3 Å². The van der Waals surface area contributed by atoms with Gasteiger partial charge in [0.1, 0.15) is 0 Å². The molecule has 0 unspecified atom stereocenters. The van der Waals surface area contributed by atoms with Gasteiger partial charge in [0.2, 0.25) is 0 Å². The van der Waals surface area contributed by atoms with Gasteiger partial charge in [-0.05, 0) is 31.6 Å². The van der Waals surface area contributed by atoms with Crippen LogP contribution in [0.1, 0.15) is 64.2 Å². The van der Waals surface area contributed by atoms with E-state index in [0.29, 0.717) is 5.41 Å². The Kier molecular flexibility index (Phi) is 3.16. The van der Waals surface area contributed by atoms with Gasteiger partial charge in [-0.25, -0.2) is 0 Å². The highest BCUT2D eigenvalue weighted by atomic mass is 14.4. The quantitative estimate of drug-likeness (QED) is 0.545. The first-order valence-corrected chi connectivity index (χ1v) is 6.35. The maximum absolute atomic E-state index is 5.82. The second-order valence-electron chi connectivity index (χ2n) is 5.20. The first-order valence-electron chi connectivity index (χ1n) is 6.35. The van der Waals surface area contributed by atoms with Crippen molar-refractivity contribution in [1.82, 2.24) is 0 Å². The summed E-state index contributed by atoms with van der Waals surface area (Å²) in [4.78, 5) is 0. The van der Waals surface area contributed by atoms with Crippen molar-refractivity contribution < 1.29 is 0 Å². The number of hydrogen-bond donors (Lipinski definition) is 0. The molecule has 0 bridgehead atoms. The third-order valence-electron chi connectivity index (χ3n) is 4.42. The van der Waals surface area contributed by atoms with Gasteiger partial charge < -0.3 is 0 Å². The Morgan fingerprint density at radius 2 is 1.43 bits per heavy atom. The standard InChI is InChI=1S/C14H22/c1-2-14(11-7-4-8-12-14)13-9-5-3-6-10-13/h1,13H,3-12H2. The molecule has 0 nitrogen and oxygen atoms in total. The summed E-state index contributed by atoms with van der Waals surface area (Å²) in [6.45, 7) is 0. The molecule has 2 aliphatic rings. The molecule has 0 aromatic carbocycles. The zero-order chi connectivity index (χ0) is 9.86. The van der Waals surface area contributed by atoms with Gasteiger partial charge in [0.15, 0.2) is 0 Å². The third-order valence-corrected chi connectivity index (χ3v) is 4.42. The fourth-order valence-electron chi connectivity index (χ4n) is 3.51. The maximum Gasteiger partial charge on any atom is 0.0340 e. The van der Waals surface area contributed by atoms with Crippen molar-refractivity contribution >= 4 is 0 Å². The summed E-state index contributed by atoms with van der Waals surface area (Å²) in [5.41, 5.74) is 0.318. The minimum atomic E-state index is 0.318. The van der Waals surface area contributed by atoms with E-state index in [2.05, 4.69) is 5.92 Å². The molecule has 0 N–H and O–H groups in total. The molecule has 2 rings (SSSR count). The van der Waals surface area contributed by atoms with Gasteiger partial charge in [-0.3, -0.25) is 0 Å². The van der Waals surface area contributed by atoms with Crippen LogP contribution >= 0.6 is 0 Å². The van der Waals surface area contributed by atoms with E-state index in [0.717, 1.165) is 5.92 Å². The van der Waals surface area contributed by atoms with Crippen LogP contribution in [0.2, 0.25) is 0 Å². The van der Waals surface area contributed by atoms with Crippen molar-refractivity contribution in [1.29, 1.82) is 0 Å². The highest BCUT2D eigenvalue weighted by Gasteiger charge is 2.38. The zero-order valence-corrected chi connectivity index (χ0v) is 9.23. The Bertz CT molecular complexity index is 209. The zero-order valence-electron chi connectivity index (χ0n) is 9.23. The summed E-state index contributed by atoms with van der Waals surface area (Å²) >= 11 is 0. The highest BCUT2D eigenvalue weighted by Crippen LogP contribution is 2.47. The van der Waals surface area contributed by atoms with Crippen LogP contribution < -0.4 is 0 Å². The molecule has 0 spiro atoms. The average molecular weight is 190 g/mol.